The van der Waals surface area contributed by atoms with Gasteiger partial charge in [0, 0.05) is 17.1 Å². The molecular formula is C17H11BrN2O2. The van der Waals surface area contributed by atoms with E-state index in [1.54, 1.807) is 31.5 Å². The van der Waals surface area contributed by atoms with E-state index in [0.717, 1.165) is 10.9 Å². The molecule has 2 aromatic carbocycles. The Morgan fingerprint density at radius 3 is 2.73 bits per heavy atom. The molecule has 0 aliphatic rings. The average Bonchev–Trinajstić information content (AvgIpc) is 2.93. The van der Waals surface area contributed by atoms with Crippen molar-refractivity contribution < 1.29 is 9.53 Å². The van der Waals surface area contributed by atoms with Gasteiger partial charge >= 0.3 is 0 Å². The number of fused-ring (bicyclic) bond motifs is 1. The normalized spacial score (nSPS) is 10.4. The summed E-state index contributed by atoms with van der Waals surface area (Å²) < 4.78 is 7.38. The maximum Gasteiger partial charge on any atom is 0.262 e. The predicted octanol–water partition coefficient (Wildman–Crippen LogP) is 3.97. The van der Waals surface area contributed by atoms with Crippen molar-refractivity contribution in [2.45, 2.75) is 0 Å². The third-order valence-electron chi connectivity index (χ3n) is 3.45. The molecule has 0 unspecified atom stereocenters. The Labute approximate surface area is 135 Å². The number of aromatic nitrogens is 1. The Kier molecular flexibility index (Phi) is 3.70. The number of nitriles is 1. The maximum atomic E-state index is 12.7. The summed E-state index contributed by atoms with van der Waals surface area (Å²) in [6.45, 7) is 0. The van der Waals surface area contributed by atoms with Crippen molar-refractivity contribution in [3.8, 4) is 11.8 Å². The van der Waals surface area contributed by atoms with E-state index in [0.29, 0.717) is 21.3 Å². The molecule has 22 heavy (non-hydrogen) atoms. The molecule has 0 atom stereocenters. The molecule has 0 radical (unpaired) electrons. The van der Waals surface area contributed by atoms with Gasteiger partial charge in [0.15, 0.2) is 0 Å². The number of halogens is 1. The summed E-state index contributed by atoms with van der Waals surface area (Å²) in [5, 5.41) is 9.98. The van der Waals surface area contributed by atoms with Crippen LogP contribution in [0.2, 0.25) is 0 Å². The Morgan fingerprint density at radius 2 is 2.05 bits per heavy atom. The van der Waals surface area contributed by atoms with Gasteiger partial charge in [0.05, 0.1) is 22.7 Å². The van der Waals surface area contributed by atoms with E-state index in [2.05, 4.69) is 22.0 Å². The monoisotopic (exact) mass is 354 g/mol. The number of hydrogen-bond acceptors (Lipinski definition) is 3. The smallest absolute Gasteiger partial charge is 0.262 e. The lowest BCUT2D eigenvalue weighted by Crippen LogP contribution is -2.10. The van der Waals surface area contributed by atoms with Crippen LogP contribution in [0.5, 0.6) is 5.75 Å². The van der Waals surface area contributed by atoms with Crippen LogP contribution in [-0.4, -0.2) is 17.6 Å². The lowest BCUT2D eigenvalue weighted by molar-refractivity contribution is 0.0965. The second-order valence-electron chi connectivity index (χ2n) is 4.70. The first-order valence-electron chi connectivity index (χ1n) is 6.54. The second kappa shape index (κ2) is 5.66. The van der Waals surface area contributed by atoms with Crippen molar-refractivity contribution >= 4 is 32.7 Å². The van der Waals surface area contributed by atoms with Crippen molar-refractivity contribution in [3.63, 3.8) is 0 Å². The molecule has 0 spiro atoms. The minimum Gasteiger partial charge on any atom is -0.496 e. The van der Waals surface area contributed by atoms with Crippen LogP contribution in [0.3, 0.4) is 0 Å². The standard InChI is InChI=1S/C17H11BrN2O2/c1-22-16-7-6-11(8-14(16)18)17(21)20-10-12(9-19)13-4-2-3-5-15(13)20/h2-8,10H,1H3. The van der Waals surface area contributed by atoms with Crippen LogP contribution in [0, 0.1) is 11.3 Å². The molecule has 0 saturated heterocycles. The largest absolute Gasteiger partial charge is 0.496 e. The fourth-order valence-electron chi connectivity index (χ4n) is 2.38. The van der Waals surface area contributed by atoms with E-state index >= 15 is 0 Å². The first kappa shape index (κ1) is 14.4. The summed E-state index contributed by atoms with van der Waals surface area (Å²) in [7, 11) is 1.57. The minimum atomic E-state index is -0.193. The summed E-state index contributed by atoms with van der Waals surface area (Å²) in [5.41, 5.74) is 1.71. The fourth-order valence-corrected chi connectivity index (χ4v) is 2.92. The van der Waals surface area contributed by atoms with E-state index in [4.69, 9.17) is 4.74 Å². The van der Waals surface area contributed by atoms with Crippen molar-refractivity contribution in [2.75, 3.05) is 7.11 Å². The lowest BCUT2D eigenvalue weighted by atomic mass is 10.2. The first-order chi connectivity index (χ1) is 10.7. The second-order valence-corrected chi connectivity index (χ2v) is 5.55. The van der Waals surface area contributed by atoms with Gasteiger partial charge in [-0.2, -0.15) is 5.26 Å². The Bertz CT molecular complexity index is 922. The van der Waals surface area contributed by atoms with Crippen molar-refractivity contribution in [2.24, 2.45) is 0 Å². The zero-order chi connectivity index (χ0) is 15.7. The number of nitrogens with zero attached hydrogens (tertiary/aromatic N) is 2. The van der Waals surface area contributed by atoms with Crippen molar-refractivity contribution in [3.05, 3.63) is 64.3 Å². The van der Waals surface area contributed by atoms with E-state index in [1.165, 1.54) is 4.57 Å². The number of para-hydroxylation sites is 1. The van der Waals surface area contributed by atoms with Gasteiger partial charge in [-0.15, -0.1) is 0 Å². The highest BCUT2D eigenvalue weighted by atomic mass is 79.9. The van der Waals surface area contributed by atoms with E-state index in [1.807, 2.05) is 24.3 Å². The molecule has 0 saturated carbocycles. The quantitative estimate of drug-likeness (QED) is 0.699. The molecule has 1 heterocycles. The molecule has 0 aliphatic carbocycles. The Balaban J connectivity index is 2.14. The molecule has 108 valence electrons. The van der Waals surface area contributed by atoms with Gasteiger partial charge in [-0.1, -0.05) is 18.2 Å². The molecule has 3 rings (SSSR count). The molecular weight excluding hydrogens is 344 g/mol. The van der Waals surface area contributed by atoms with E-state index in [9.17, 15) is 10.1 Å². The molecule has 0 amide bonds. The molecule has 0 aliphatic heterocycles. The van der Waals surface area contributed by atoms with Gasteiger partial charge in [0.1, 0.15) is 11.8 Å². The molecule has 4 nitrogen and oxygen atoms in total. The number of benzene rings is 2. The van der Waals surface area contributed by atoms with Crippen LogP contribution >= 0.6 is 15.9 Å². The fraction of sp³-hybridized carbons (Fsp3) is 0.0588. The number of rotatable bonds is 2. The number of carbonyl (C=O) groups excluding carboxylic acids is 1. The number of carbonyl (C=O) groups is 1. The molecule has 0 N–H and O–H groups in total. The predicted molar refractivity (Wildman–Crippen MR) is 87.1 cm³/mol. The summed E-state index contributed by atoms with van der Waals surface area (Å²) in [5.74, 6) is 0.465. The van der Waals surface area contributed by atoms with Crippen molar-refractivity contribution in [1.82, 2.24) is 4.57 Å². The highest BCUT2D eigenvalue weighted by Crippen LogP contribution is 2.27. The van der Waals surface area contributed by atoms with Gasteiger partial charge < -0.3 is 4.74 Å². The maximum absolute atomic E-state index is 12.7. The van der Waals surface area contributed by atoms with Crippen LogP contribution < -0.4 is 4.74 Å². The van der Waals surface area contributed by atoms with Crippen LogP contribution in [-0.2, 0) is 0 Å². The van der Waals surface area contributed by atoms with Crippen molar-refractivity contribution in [1.29, 1.82) is 5.26 Å². The van der Waals surface area contributed by atoms with E-state index < -0.39 is 0 Å². The van der Waals surface area contributed by atoms with Gasteiger partial charge in [0.2, 0.25) is 0 Å². The SMILES string of the molecule is COc1ccc(C(=O)n2cc(C#N)c3ccccc32)cc1Br. The van der Waals surface area contributed by atoms with Crippen LogP contribution in [0.1, 0.15) is 15.9 Å². The van der Waals surface area contributed by atoms with Crippen LogP contribution in [0.4, 0.5) is 0 Å². The average molecular weight is 355 g/mol. The van der Waals surface area contributed by atoms with Gasteiger partial charge in [-0.05, 0) is 40.2 Å². The number of methoxy groups -OCH3 is 1. The summed E-state index contributed by atoms with van der Waals surface area (Å²) in [4.78, 5) is 12.7. The molecule has 3 aromatic rings. The van der Waals surface area contributed by atoms with Crippen LogP contribution in [0.15, 0.2) is 53.1 Å². The molecule has 0 bridgehead atoms. The first-order valence-corrected chi connectivity index (χ1v) is 7.33. The van der Waals surface area contributed by atoms with E-state index in [-0.39, 0.29) is 5.91 Å². The highest BCUT2D eigenvalue weighted by molar-refractivity contribution is 9.10. The highest BCUT2D eigenvalue weighted by Gasteiger charge is 2.16. The molecule has 1 aromatic heterocycles. The van der Waals surface area contributed by atoms with Gasteiger partial charge in [-0.3, -0.25) is 9.36 Å². The number of ether oxygens (including phenoxy) is 1. The third-order valence-corrected chi connectivity index (χ3v) is 4.07. The Hall–Kier alpha value is -2.58. The zero-order valence-electron chi connectivity index (χ0n) is 11.7. The third kappa shape index (κ3) is 2.28. The Morgan fingerprint density at radius 1 is 1.27 bits per heavy atom. The topological polar surface area (TPSA) is 55.0 Å². The summed E-state index contributed by atoms with van der Waals surface area (Å²) in [6.07, 6.45) is 1.57. The lowest BCUT2D eigenvalue weighted by Gasteiger charge is -2.07. The summed E-state index contributed by atoms with van der Waals surface area (Å²) >= 11 is 3.38. The molecule has 0 fully saturated rings. The van der Waals surface area contributed by atoms with Gasteiger partial charge in [-0.25, -0.2) is 0 Å². The van der Waals surface area contributed by atoms with Gasteiger partial charge in [0.25, 0.3) is 5.91 Å². The minimum absolute atomic E-state index is 0.193. The number of hydrogen-bond donors (Lipinski definition) is 0. The zero-order valence-corrected chi connectivity index (χ0v) is 13.3. The van der Waals surface area contributed by atoms with Crippen LogP contribution in [0.25, 0.3) is 10.9 Å². The summed E-state index contributed by atoms with van der Waals surface area (Å²) in [6, 6.07) is 14.6. The molecule has 5 heteroatoms.